The Morgan fingerprint density at radius 3 is 2.69 bits per heavy atom. The van der Waals surface area contributed by atoms with E-state index in [0.717, 1.165) is 24.2 Å². The first-order valence-corrected chi connectivity index (χ1v) is 5.54. The van der Waals surface area contributed by atoms with E-state index in [-0.39, 0.29) is 0 Å². The predicted octanol–water partition coefficient (Wildman–Crippen LogP) is 2.79. The lowest BCUT2D eigenvalue weighted by Gasteiger charge is -2.02. The van der Waals surface area contributed by atoms with Crippen LogP contribution in [-0.2, 0) is 0 Å². The molecule has 1 aliphatic carbocycles. The van der Waals surface area contributed by atoms with E-state index in [0.29, 0.717) is 11.8 Å². The zero-order valence-electron chi connectivity index (χ0n) is 8.84. The molecule has 1 fully saturated rings. The van der Waals surface area contributed by atoms with Crippen LogP contribution in [0.4, 0.5) is 0 Å². The van der Waals surface area contributed by atoms with Crippen molar-refractivity contribution in [2.45, 2.75) is 18.9 Å². The first-order chi connectivity index (χ1) is 7.84. The number of nitrogens with zero attached hydrogens (tertiary/aromatic N) is 1. The van der Waals surface area contributed by atoms with Gasteiger partial charge in [-0.2, -0.15) is 0 Å². The minimum atomic E-state index is -0.530. The third kappa shape index (κ3) is 1.74. The van der Waals surface area contributed by atoms with Gasteiger partial charge in [-0.3, -0.25) is 0 Å². The first-order valence-electron chi connectivity index (χ1n) is 5.54. The fourth-order valence-electron chi connectivity index (χ4n) is 1.77. The SMILES string of the molecule is OC(c1ncc(-c2ccccc2)o1)C1CC1. The van der Waals surface area contributed by atoms with Gasteiger partial charge in [0.2, 0.25) is 5.89 Å². The van der Waals surface area contributed by atoms with Crippen molar-refractivity contribution < 1.29 is 9.52 Å². The number of aliphatic hydroxyl groups excluding tert-OH is 1. The van der Waals surface area contributed by atoms with E-state index >= 15 is 0 Å². The standard InChI is InChI=1S/C13H13NO2/c15-12(10-6-7-10)13-14-8-11(16-13)9-4-2-1-3-5-9/h1-5,8,10,12,15H,6-7H2. The van der Waals surface area contributed by atoms with Crippen LogP contribution >= 0.6 is 0 Å². The Morgan fingerprint density at radius 1 is 1.25 bits per heavy atom. The lowest BCUT2D eigenvalue weighted by Crippen LogP contribution is -1.98. The smallest absolute Gasteiger partial charge is 0.224 e. The van der Waals surface area contributed by atoms with Crippen molar-refractivity contribution in [1.82, 2.24) is 4.98 Å². The Labute approximate surface area is 93.8 Å². The second kappa shape index (κ2) is 3.76. The van der Waals surface area contributed by atoms with E-state index in [4.69, 9.17) is 4.42 Å². The van der Waals surface area contributed by atoms with Crippen LogP contribution in [0.25, 0.3) is 11.3 Å². The van der Waals surface area contributed by atoms with E-state index in [1.807, 2.05) is 30.3 Å². The average Bonchev–Trinajstić information content (AvgIpc) is 3.07. The topological polar surface area (TPSA) is 46.3 Å². The Hall–Kier alpha value is -1.61. The number of benzene rings is 1. The van der Waals surface area contributed by atoms with Crippen molar-refractivity contribution in [3.8, 4) is 11.3 Å². The van der Waals surface area contributed by atoms with Gasteiger partial charge in [-0.05, 0) is 18.8 Å². The molecule has 0 amide bonds. The molecule has 0 saturated heterocycles. The molecule has 1 heterocycles. The minimum absolute atomic E-state index is 0.349. The monoisotopic (exact) mass is 215 g/mol. The second-order valence-electron chi connectivity index (χ2n) is 4.21. The molecule has 0 bridgehead atoms. The Kier molecular flexibility index (Phi) is 2.26. The molecule has 1 aromatic heterocycles. The number of aromatic nitrogens is 1. The van der Waals surface area contributed by atoms with Gasteiger partial charge in [-0.15, -0.1) is 0 Å². The molecular formula is C13H13NO2. The maximum Gasteiger partial charge on any atom is 0.224 e. The quantitative estimate of drug-likeness (QED) is 0.856. The zero-order chi connectivity index (χ0) is 11.0. The molecule has 3 heteroatoms. The van der Waals surface area contributed by atoms with E-state index in [9.17, 15) is 5.11 Å². The fraction of sp³-hybridized carbons (Fsp3) is 0.308. The Balaban J connectivity index is 1.87. The fourth-order valence-corrected chi connectivity index (χ4v) is 1.77. The zero-order valence-corrected chi connectivity index (χ0v) is 8.84. The largest absolute Gasteiger partial charge is 0.438 e. The van der Waals surface area contributed by atoms with Gasteiger partial charge < -0.3 is 9.52 Å². The summed E-state index contributed by atoms with van der Waals surface area (Å²) in [5, 5.41) is 9.86. The highest BCUT2D eigenvalue weighted by Crippen LogP contribution is 2.41. The Bertz CT molecular complexity index is 474. The van der Waals surface area contributed by atoms with Gasteiger partial charge >= 0.3 is 0 Å². The molecule has 1 atom stereocenters. The minimum Gasteiger partial charge on any atom is -0.438 e. The molecule has 3 rings (SSSR count). The molecular weight excluding hydrogens is 202 g/mol. The summed E-state index contributed by atoms with van der Waals surface area (Å²) in [5.41, 5.74) is 0.990. The van der Waals surface area contributed by atoms with Gasteiger partial charge in [0.05, 0.1) is 6.20 Å². The van der Waals surface area contributed by atoms with Gasteiger partial charge in [0.15, 0.2) is 5.76 Å². The summed E-state index contributed by atoms with van der Waals surface area (Å²) in [7, 11) is 0. The second-order valence-corrected chi connectivity index (χ2v) is 4.21. The van der Waals surface area contributed by atoms with Crippen molar-refractivity contribution in [2.24, 2.45) is 5.92 Å². The highest BCUT2D eigenvalue weighted by atomic mass is 16.4. The summed E-state index contributed by atoms with van der Waals surface area (Å²) in [4.78, 5) is 4.14. The van der Waals surface area contributed by atoms with Gasteiger partial charge in [0.1, 0.15) is 6.10 Å². The van der Waals surface area contributed by atoms with Crippen LogP contribution in [0.1, 0.15) is 24.8 Å². The Morgan fingerprint density at radius 2 is 2.00 bits per heavy atom. The van der Waals surface area contributed by atoms with Crippen molar-refractivity contribution in [2.75, 3.05) is 0 Å². The van der Waals surface area contributed by atoms with Crippen molar-refractivity contribution in [3.05, 3.63) is 42.4 Å². The van der Waals surface area contributed by atoms with Crippen molar-refractivity contribution >= 4 is 0 Å². The summed E-state index contributed by atoms with van der Waals surface area (Å²) in [5.74, 6) is 1.51. The van der Waals surface area contributed by atoms with E-state index in [1.54, 1.807) is 6.20 Å². The molecule has 16 heavy (non-hydrogen) atoms. The van der Waals surface area contributed by atoms with Crippen LogP contribution in [0.2, 0.25) is 0 Å². The number of aliphatic hydroxyl groups is 1. The van der Waals surface area contributed by atoms with Crippen LogP contribution in [0.3, 0.4) is 0 Å². The molecule has 0 radical (unpaired) electrons. The highest BCUT2D eigenvalue weighted by Gasteiger charge is 2.33. The number of oxazole rings is 1. The lowest BCUT2D eigenvalue weighted by atomic mass is 10.2. The average molecular weight is 215 g/mol. The maximum atomic E-state index is 9.86. The number of hydrogen-bond acceptors (Lipinski definition) is 3. The maximum absolute atomic E-state index is 9.86. The van der Waals surface area contributed by atoms with Crippen molar-refractivity contribution in [3.63, 3.8) is 0 Å². The molecule has 0 spiro atoms. The van der Waals surface area contributed by atoms with Crippen molar-refractivity contribution in [1.29, 1.82) is 0 Å². The molecule has 1 N–H and O–H groups in total. The van der Waals surface area contributed by atoms with Gasteiger partial charge in [0.25, 0.3) is 0 Å². The third-order valence-electron chi connectivity index (χ3n) is 2.90. The summed E-state index contributed by atoms with van der Waals surface area (Å²) < 4.78 is 5.57. The van der Waals surface area contributed by atoms with Gasteiger partial charge in [0, 0.05) is 5.56 Å². The first kappa shape index (κ1) is 9.60. The van der Waals surface area contributed by atoms with Crippen LogP contribution in [-0.4, -0.2) is 10.1 Å². The van der Waals surface area contributed by atoms with Crippen LogP contribution in [0.15, 0.2) is 40.9 Å². The van der Waals surface area contributed by atoms with E-state index in [1.165, 1.54) is 0 Å². The highest BCUT2D eigenvalue weighted by molar-refractivity contribution is 5.55. The van der Waals surface area contributed by atoms with Crippen LogP contribution in [0.5, 0.6) is 0 Å². The van der Waals surface area contributed by atoms with E-state index < -0.39 is 6.10 Å². The number of hydrogen-bond donors (Lipinski definition) is 1. The van der Waals surface area contributed by atoms with Crippen LogP contribution in [0, 0.1) is 5.92 Å². The van der Waals surface area contributed by atoms with Crippen LogP contribution < -0.4 is 0 Å². The van der Waals surface area contributed by atoms with Gasteiger partial charge in [-0.25, -0.2) is 4.98 Å². The molecule has 1 aliphatic rings. The molecule has 1 unspecified atom stereocenters. The van der Waals surface area contributed by atoms with E-state index in [2.05, 4.69) is 4.98 Å². The summed E-state index contributed by atoms with van der Waals surface area (Å²) in [6.45, 7) is 0. The molecule has 82 valence electrons. The summed E-state index contributed by atoms with van der Waals surface area (Å²) in [6.07, 6.45) is 3.29. The molecule has 2 aromatic rings. The molecule has 3 nitrogen and oxygen atoms in total. The van der Waals surface area contributed by atoms with Gasteiger partial charge in [-0.1, -0.05) is 30.3 Å². The summed E-state index contributed by atoms with van der Waals surface area (Å²) >= 11 is 0. The predicted molar refractivity (Wildman–Crippen MR) is 59.6 cm³/mol. The summed E-state index contributed by atoms with van der Waals surface area (Å²) in [6, 6.07) is 9.80. The lowest BCUT2D eigenvalue weighted by molar-refractivity contribution is 0.122. The normalized spacial score (nSPS) is 17.3. The third-order valence-corrected chi connectivity index (χ3v) is 2.90. The molecule has 1 saturated carbocycles. The molecule has 0 aliphatic heterocycles. The number of rotatable bonds is 3. The molecule has 1 aromatic carbocycles.